The van der Waals surface area contributed by atoms with Crippen molar-refractivity contribution in [1.29, 1.82) is 0 Å². The van der Waals surface area contributed by atoms with E-state index in [-0.39, 0.29) is 23.4 Å². The molecular weight excluding hydrogens is 428 g/mol. The van der Waals surface area contributed by atoms with Crippen molar-refractivity contribution >= 4 is 23.6 Å². The SMILES string of the molecule is C=C(/C=C(\CC)c1ccc(C(=O)NCC2CC2)nc1C(=O)OC(C)OC(=O)OC(C)C)OC. The Morgan fingerprint density at radius 2 is 1.88 bits per heavy atom. The minimum absolute atomic E-state index is 0.0835. The fourth-order valence-corrected chi connectivity index (χ4v) is 2.86. The summed E-state index contributed by atoms with van der Waals surface area (Å²) in [6.07, 6.45) is 1.83. The normalized spacial score (nSPS) is 14.3. The van der Waals surface area contributed by atoms with Gasteiger partial charge < -0.3 is 24.3 Å². The molecule has 1 amide bonds. The smallest absolute Gasteiger partial charge is 0.497 e. The average Bonchev–Trinajstić information content (AvgIpc) is 3.59. The summed E-state index contributed by atoms with van der Waals surface area (Å²) in [4.78, 5) is 41.5. The number of amides is 1. The molecule has 1 aromatic heterocycles. The van der Waals surface area contributed by atoms with Crippen LogP contribution in [0.25, 0.3) is 5.57 Å². The number of carbonyl (C=O) groups is 3. The van der Waals surface area contributed by atoms with Gasteiger partial charge in [0.2, 0.25) is 6.29 Å². The van der Waals surface area contributed by atoms with E-state index in [0.29, 0.717) is 35.8 Å². The zero-order chi connectivity index (χ0) is 24.5. The van der Waals surface area contributed by atoms with E-state index in [1.807, 2.05) is 6.92 Å². The highest BCUT2D eigenvalue weighted by Crippen LogP contribution is 2.28. The number of ether oxygens (including phenoxy) is 4. The molecule has 0 aliphatic heterocycles. The summed E-state index contributed by atoms with van der Waals surface area (Å²) in [5.74, 6) is -0.341. The van der Waals surface area contributed by atoms with E-state index in [4.69, 9.17) is 18.9 Å². The Morgan fingerprint density at radius 3 is 2.45 bits per heavy atom. The van der Waals surface area contributed by atoms with Crippen molar-refractivity contribution in [3.63, 3.8) is 0 Å². The molecule has 1 N–H and O–H groups in total. The highest BCUT2D eigenvalue weighted by atomic mass is 16.8. The number of hydrogen-bond donors (Lipinski definition) is 1. The molecule has 33 heavy (non-hydrogen) atoms. The molecule has 1 fully saturated rings. The molecule has 2 rings (SSSR count). The topological polar surface area (TPSA) is 113 Å². The van der Waals surface area contributed by atoms with Crippen molar-refractivity contribution < 1.29 is 33.3 Å². The Balaban J connectivity index is 2.30. The van der Waals surface area contributed by atoms with Crippen molar-refractivity contribution in [3.8, 4) is 0 Å². The molecule has 9 nitrogen and oxygen atoms in total. The molecule has 0 bridgehead atoms. The number of rotatable bonds is 11. The van der Waals surface area contributed by atoms with Gasteiger partial charge in [-0.05, 0) is 62.8 Å². The third-order valence-electron chi connectivity index (χ3n) is 4.76. The standard InChI is InChI=1S/C24H32N2O7/c1-7-18(12-15(4)30-6)19-10-11-20(22(27)25-13-17-8-9-17)26-21(19)23(28)32-16(5)33-24(29)31-14(2)3/h10-12,14,16-17H,4,7-9,13H2,1-3,5-6H3,(H,25,27)/b18-12+. The van der Waals surface area contributed by atoms with Crippen LogP contribution in [0.1, 0.15) is 73.5 Å². The van der Waals surface area contributed by atoms with Gasteiger partial charge in [0.15, 0.2) is 5.69 Å². The molecule has 0 saturated heterocycles. The number of aromatic nitrogens is 1. The number of allylic oxidation sites excluding steroid dienone is 2. The first kappa shape index (κ1) is 25.9. The van der Waals surface area contributed by atoms with E-state index < -0.39 is 18.4 Å². The fourth-order valence-electron chi connectivity index (χ4n) is 2.86. The van der Waals surface area contributed by atoms with E-state index in [1.165, 1.54) is 14.0 Å². The molecule has 0 spiro atoms. The van der Waals surface area contributed by atoms with Crippen LogP contribution in [0, 0.1) is 5.92 Å². The van der Waals surface area contributed by atoms with Crippen LogP contribution in [0.4, 0.5) is 4.79 Å². The average molecular weight is 461 g/mol. The highest BCUT2D eigenvalue weighted by Gasteiger charge is 2.25. The lowest BCUT2D eigenvalue weighted by Gasteiger charge is -2.17. The lowest BCUT2D eigenvalue weighted by Crippen LogP contribution is -2.28. The predicted molar refractivity (Wildman–Crippen MR) is 121 cm³/mol. The second kappa shape index (κ2) is 12.0. The summed E-state index contributed by atoms with van der Waals surface area (Å²) in [6, 6.07) is 3.18. The fraction of sp³-hybridized carbons (Fsp3) is 0.500. The van der Waals surface area contributed by atoms with Gasteiger partial charge in [-0.25, -0.2) is 14.6 Å². The van der Waals surface area contributed by atoms with Crippen LogP contribution < -0.4 is 5.32 Å². The zero-order valence-electron chi connectivity index (χ0n) is 19.8. The van der Waals surface area contributed by atoms with Crippen molar-refractivity contribution in [1.82, 2.24) is 10.3 Å². The summed E-state index contributed by atoms with van der Waals surface area (Å²) >= 11 is 0. The molecule has 1 aromatic rings. The number of methoxy groups -OCH3 is 1. The summed E-state index contributed by atoms with van der Waals surface area (Å²) in [5, 5.41) is 2.83. The van der Waals surface area contributed by atoms with E-state index in [2.05, 4.69) is 16.9 Å². The largest absolute Gasteiger partial charge is 0.511 e. The van der Waals surface area contributed by atoms with Gasteiger partial charge in [-0.2, -0.15) is 0 Å². The van der Waals surface area contributed by atoms with Crippen molar-refractivity contribution in [2.75, 3.05) is 13.7 Å². The van der Waals surface area contributed by atoms with Gasteiger partial charge in [-0.15, -0.1) is 0 Å². The van der Waals surface area contributed by atoms with Crippen LogP contribution in [0.15, 0.2) is 30.5 Å². The summed E-state index contributed by atoms with van der Waals surface area (Å²) < 4.78 is 20.2. The van der Waals surface area contributed by atoms with Crippen LogP contribution in [-0.2, 0) is 18.9 Å². The van der Waals surface area contributed by atoms with Gasteiger partial charge in [-0.3, -0.25) is 4.79 Å². The molecule has 1 atom stereocenters. The maximum Gasteiger partial charge on any atom is 0.511 e. The summed E-state index contributed by atoms with van der Waals surface area (Å²) in [6.45, 7) is 11.0. The lowest BCUT2D eigenvalue weighted by atomic mass is 10.00. The van der Waals surface area contributed by atoms with Gasteiger partial charge >= 0.3 is 12.1 Å². The van der Waals surface area contributed by atoms with Crippen LogP contribution in [0.2, 0.25) is 0 Å². The third-order valence-corrected chi connectivity index (χ3v) is 4.76. The Labute approximate surface area is 194 Å². The monoisotopic (exact) mass is 460 g/mol. The summed E-state index contributed by atoms with van der Waals surface area (Å²) in [7, 11) is 1.49. The number of hydrogen-bond acceptors (Lipinski definition) is 8. The van der Waals surface area contributed by atoms with Gasteiger partial charge in [0.05, 0.1) is 13.2 Å². The second-order valence-electron chi connectivity index (χ2n) is 7.95. The molecule has 9 heteroatoms. The maximum atomic E-state index is 13.0. The van der Waals surface area contributed by atoms with Crippen molar-refractivity contribution in [2.45, 2.75) is 59.4 Å². The maximum absolute atomic E-state index is 13.0. The van der Waals surface area contributed by atoms with Crippen LogP contribution in [0.5, 0.6) is 0 Å². The molecule has 0 aromatic carbocycles. The molecule has 1 heterocycles. The Morgan fingerprint density at radius 1 is 1.18 bits per heavy atom. The van der Waals surface area contributed by atoms with Gasteiger partial charge in [-0.1, -0.05) is 13.5 Å². The number of nitrogens with one attached hydrogen (secondary N) is 1. The molecule has 180 valence electrons. The van der Waals surface area contributed by atoms with E-state index in [0.717, 1.165) is 12.8 Å². The van der Waals surface area contributed by atoms with Crippen LogP contribution in [-0.4, -0.2) is 49.1 Å². The third kappa shape index (κ3) is 8.25. The molecule has 1 aliphatic rings. The highest BCUT2D eigenvalue weighted by molar-refractivity contribution is 5.97. The van der Waals surface area contributed by atoms with Crippen molar-refractivity contribution in [2.24, 2.45) is 5.92 Å². The first-order valence-electron chi connectivity index (χ1n) is 11.0. The molecular formula is C24H32N2O7. The number of carbonyl (C=O) groups excluding carboxylic acids is 3. The minimum Gasteiger partial charge on any atom is -0.497 e. The van der Waals surface area contributed by atoms with Crippen LogP contribution >= 0.6 is 0 Å². The van der Waals surface area contributed by atoms with E-state index in [1.54, 1.807) is 32.1 Å². The zero-order valence-corrected chi connectivity index (χ0v) is 19.8. The quantitative estimate of drug-likeness (QED) is 0.226. The molecule has 0 radical (unpaired) electrons. The number of nitrogens with zero attached hydrogens (tertiary/aromatic N) is 1. The Kier molecular flexibility index (Phi) is 9.44. The first-order chi connectivity index (χ1) is 15.6. The minimum atomic E-state index is -1.23. The lowest BCUT2D eigenvalue weighted by molar-refractivity contribution is -0.0869. The van der Waals surface area contributed by atoms with Crippen LogP contribution in [0.3, 0.4) is 0 Å². The first-order valence-corrected chi connectivity index (χ1v) is 11.0. The second-order valence-corrected chi connectivity index (χ2v) is 7.95. The van der Waals surface area contributed by atoms with Crippen molar-refractivity contribution in [3.05, 3.63) is 47.5 Å². The molecule has 1 unspecified atom stereocenters. The molecule has 1 saturated carbocycles. The van der Waals surface area contributed by atoms with Gasteiger partial charge in [0.25, 0.3) is 5.91 Å². The number of esters is 1. The summed E-state index contributed by atoms with van der Waals surface area (Å²) in [5.41, 5.74) is 1.16. The predicted octanol–water partition coefficient (Wildman–Crippen LogP) is 4.24. The van der Waals surface area contributed by atoms with E-state index in [9.17, 15) is 14.4 Å². The number of pyridine rings is 1. The van der Waals surface area contributed by atoms with E-state index >= 15 is 0 Å². The Bertz CT molecular complexity index is 919. The molecule has 1 aliphatic carbocycles. The van der Waals surface area contributed by atoms with Gasteiger partial charge in [0, 0.05) is 19.0 Å². The van der Waals surface area contributed by atoms with Gasteiger partial charge in [0.1, 0.15) is 11.5 Å². The Hall–Kier alpha value is -3.36.